The molecule has 0 bridgehead atoms. The van der Waals surface area contributed by atoms with E-state index in [-0.39, 0.29) is 11.3 Å². The van der Waals surface area contributed by atoms with Crippen molar-refractivity contribution in [1.29, 1.82) is 5.41 Å². The Labute approximate surface area is 207 Å². The van der Waals surface area contributed by atoms with Crippen LogP contribution in [0.5, 0.6) is 0 Å². The van der Waals surface area contributed by atoms with E-state index in [4.69, 9.17) is 14.9 Å². The van der Waals surface area contributed by atoms with Crippen LogP contribution in [0.3, 0.4) is 0 Å². The zero-order valence-electron chi connectivity index (χ0n) is 20.9. The minimum atomic E-state index is -0.391. The summed E-state index contributed by atoms with van der Waals surface area (Å²) in [5.74, 6) is -0.521. The number of hydrogen-bond acceptors (Lipinski definition) is 5. The van der Waals surface area contributed by atoms with Crippen molar-refractivity contribution < 1.29 is 19.1 Å². The van der Waals surface area contributed by atoms with Gasteiger partial charge in [-0.2, -0.15) is 0 Å². The van der Waals surface area contributed by atoms with Gasteiger partial charge in [-0.3, -0.25) is 10.3 Å². The third-order valence-corrected chi connectivity index (χ3v) is 5.52. The Balaban J connectivity index is 2.01. The number of carbonyl (C=O) groups is 2. The number of esters is 2. The standard InChI is InChI=1S/C29H32N2O4/c1-6-34-27(32)21-10-16-24(17-11-21)31(25-18-12-22(13-19-25)28(33)35-7-2)26(30)20-8-14-23(15-9-20)29(3,4)5/h8-19,30H,6-7H2,1-5H3. The lowest BCUT2D eigenvalue weighted by Crippen LogP contribution is -2.26. The molecule has 0 fully saturated rings. The van der Waals surface area contributed by atoms with E-state index in [9.17, 15) is 9.59 Å². The minimum absolute atomic E-state index is 0.00621. The van der Waals surface area contributed by atoms with E-state index in [1.807, 2.05) is 24.3 Å². The van der Waals surface area contributed by atoms with Gasteiger partial charge in [0.05, 0.1) is 24.3 Å². The summed E-state index contributed by atoms with van der Waals surface area (Å²) < 4.78 is 10.2. The van der Waals surface area contributed by atoms with Gasteiger partial charge in [0.15, 0.2) is 0 Å². The molecule has 0 spiro atoms. The fraction of sp³-hybridized carbons (Fsp3) is 0.276. The van der Waals surface area contributed by atoms with Gasteiger partial charge in [-0.05, 0) is 73.4 Å². The number of carbonyl (C=O) groups excluding carboxylic acids is 2. The first-order valence-corrected chi connectivity index (χ1v) is 11.7. The van der Waals surface area contributed by atoms with Crippen LogP contribution in [0.2, 0.25) is 0 Å². The van der Waals surface area contributed by atoms with Gasteiger partial charge in [0, 0.05) is 16.9 Å². The molecule has 6 heteroatoms. The maximum Gasteiger partial charge on any atom is 0.338 e. The summed E-state index contributed by atoms with van der Waals surface area (Å²) in [5.41, 5.74) is 4.20. The average molecular weight is 473 g/mol. The van der Waals surface area contributed by atoms with Crippen LogP contribution in [-0.2, 0) is 14.9 Å². The first-order chi connectivity index (χ1) is 16.7. The molecule has 0 radical (unpaired) electrons. The van der Waals surface area contributed by atoms with Crippen LogP contribution in [0, 0.1) is 5.41 Å². The van der Waals surface area contributed by atoms with Crippen LogP contribution in [0.4, 0.5) is 11.4 Å². The predicted octanol–water partition coefficient (Wildman–Crippen LogP) is 6.50. The number of hydrogen-bond donors (Lipinski definition) is 1. The second-order valence-corrected chi connectivity index (χ2v) is 9.05. The molecule has 0 aliphatic carbocycles. The largest absolute Gasteiger partial charge is 0.462 e. The number of nitrogens with one attached hydrogen (secondary N) is 1. The van der Waals surface area contributed by atoms with Gasteiger partial charge in [-0.15, -0.1) is 0 Å². The highest BCUT2D eigenvalue weighted by Crippen LogP contribution is 2.30. The fourth-order valence-electron chi connectivity index (χ4n) is 3.59. The zero-order chi connectivity index (χ0) is 25.6. The molecule has 35 heavy (non-hydrogen) atoms. The van der Waals surface area contributed by atoms with Crippen LogP contribution in [0.15, 0.2) is 72.8 Å². The summed E-state index contributed by atoms with van der Waals surface area (Å²) in [6, 6.07) is 21.8. The third kappa shape index (κ3) is 6.15. The Hall–Kier alpha value is -3.93. The molecule has 0 saturated heterocycles. The van der Waals surface area contributed by atoms with Crippen LogP contribution in [0.25, 0.3) is 0 Å². The van der Waals surface area contributed by atoms with Gasteiger partial charge in [-0.1, -0.05) is 45.0 Å². The molecule has 182 valence electrons. The van der Waals surface area contributed by atoms with Crippen molar-refractivity contribution in [2.45, 2.75) is 40.0 Å². The van der Waals surface area contributed by atoms with Crippen LogP contribution < -0.4 is 4.90 Å². The smallest absolute Gasteiger partial charge is 0.338 e. The predicted molar refractivity (Wildman–Crippen MR) is 139 cm³/mol. The van der Waals surface area contributed by atoms with Crippen LogP contribution in [0.1, 0.15) is 66.5 Å². The Bertz CT molecular complexity index is 1110. The van der Waals surface area contributed by atoms with Crippen LogP contribution >= 0.6 is 0 Å². The Kier molecular flexibility index (Phi) is 8.07. The monoisotopic (exact) mass is 472 g/mol. The Morgan fingerprint density at radius 2 is 1.06 bits per heavy atom. The van der Waals surface area contributed by atoms with Crippen molar-refractivity contribution in [3.8, 4) is 0 Å². The highest BCUT2D eigenvalue weighted by atomic mass is 16.5. The van der Waals surface area contributed by atoms with Crippen molar-refractivity contribution in [3.05, 3.63) is 95.1 Å². The summed E-state index contributed by atoms with van der Waals surface area (Å²) in [7, 11) is 0. The van der Waals surface area contributed by atoms with Crippen molar-refractivity contribution in [3.63, 3.8) is 0 Å². The molecule has 6 nitrogen and oxygen atoms in total. The van der Waals surface area contributed by atoms with Crippen molar-refractivity contribution >= 4 is 29.1 Å². The molecule has 0 atom stereocenters. The Morgan fingerprint density at radius 3 is 1.40 bits per heavy atom. The van der Waals surface area contributed by atoms with Gasteiger partial charge >= 0.3 is 11.9 Å². The van der Waals surface area contributed by atoms with Crippen molar-refractivity contribution in [1.82, 2.24) is 0 Å². The average Bonchev–Trinajstić information content (AvgIpc) is 2.85. The molecular formula is C29H32N2O4. The first kappa shape index (κ1) is 25.7. The van der Waals surface area contributed by atoms with E-state index < -0.39 is 11.9 Å². The lowest BCUT2D eigenvalue weighted by molar-refractivity contribution is 0.0517. The SMILES string of the molecule is CCOC(=O)c1ccc(N(C(=N)c2ccc(C(C)(C)C)cc2)c2ccc(C(=O)OCC)cc2)cc1. The minimum Gasteiger partial charge on any atom is -0.462 e. The van der Waals surface area contributed by atoms with Gasteiger partial charge < -0.3 is 9.47 Å². The quantitative estimate of drug-likeness (QED) is 0.241. The molecule has 0 aromatic heterocycles. The van der Waals surface area contributed by atoms with Crippen LogP contribution in [-0.4, -0.2) is 31.0 Å². The van der Waals surface area contributed by atoms with Gasteiger partial charge in [-0.25, -0.2) is 9.59 Å². The summed E-state index contributed by atoms with van der Waals surface area (Å²) in [6.07, 6.45) is 0. The number of anilines is 2. The molecule has 0 aliphatic rings. The number of benzene rings is 3. The summed E-state index contributed by atoms with van der Waals surface area (Å²) in [5, 5.41) is 9.04. The maximum atomic E-state index is 12.1. The number of rotatable bonds is 7. The molecule has 0 amide bonds. The van der Waals surface area contributed by atoms with E-state index in [0.29, 0.717) is 35.7 Å². The number of amidine groups is 1. The summed E-state index contributed by atoms with van der Waals surface area (Å²) in [4.78, 5) is 26.0. The van der Waals surface area contributed by atoms with E-state index >= 15 is 0 Å². The first-order valence-electron chi connectivity index (χ1n) is 11.7. The fourth-order valence-corrected chi connectivity index (χ4v) is 3.59. The topological polar surface area (TPSA) is 79.7 Å². The van der Waals surface area contributed by atoms with Crippen molar-refractivity contribution in [2.24, 2.45) is 0 Å². The van der Waals surface area contributed by atoms with E-state index in [0.717, 1.165) is 5.56 Å². The highest BCUT2D eigenvalue weighted by Gasteiger charge is 2.20. The van der Waals surface area contributed by atoms with Gasteiger partial charge in [0.2, 0.25) is 0 Å². The normalized spacial score (nSPS) is 11.0. The van der Waals surface area contributed by atoms with E-state index in [1.54, 1.807) is 67.3 Å². The zero-order valence-corrected chi connectivity index (χ0v) is 20.9. The van der Waals surface area contributed by atoms with Crippen molar-refractivity contribution in [2.75, 3.05) is 18.1 Å². The number of nitrogens with zero attached hydrogens (tertiary/aromatic N) is 1. The van der Waals surface area contributed by atoms with E-state index in [2.05, 4.69) is 20.8 Å². The highest BCUT2D eigenvalue weighted by molar-refractivity contribution is 6.12. The molecule has 0 unspecified atom stereocenters. The molecule has 0 saturated carbocycles. The second-order valence-electron chi connectivity index (χ2n) is 9.05. The summed E-state index contributed by atoms with van der Waals surface area (Å²) >= 11 is 0. The number of ether oxygens (including phenoxy) is 2. The lowest BCUT2D eigenvalue weighted by Gasteiger charge is -2.27. The molecule has 0 aliphatic heterocycles. The molecular weight excluding hydrogens is 440 g/mol. The maximum absolute atomic E-state index is 12.1. The molecule has 3 aromatic carbocycles. The molecule has 3 aromatic rings. The van der Waals surface area contributed by atoms with E-state index in [1.165, 1.54) is 5.56 Å². The lowest BCUT2D eigenvalue weighted by atomic mass is 9.86. The molecule has 3 rings (SSSR count). The molecule has 0 heterocycles. The van der Waals surface area contributed by atoms with Gasteiger partial charge in [0.1, 0.15) is 5.84 Å². The third-order valence-electron chi connectivity index (χ3n) is 5.52. The summed E-state index contributed by atoms with van der Waals surface area (Å²) in [6.45, 7) is 10.6. The Morgan fingerprint density at radius 1 is 0.686 bits per heavy atom. The van der Waals surface area contributed by atoms with Gasteiger partial charge in [0.25, 0.3) is 0 Å². The second kappa shape index (κ2) is 11.0. The molecule has 1 N–H and O–H groups in total.